The number of hydrogen-bond acceptors (Lipinski definition) is 4. The molecule has 2 aliphatic heterocycles. The van der Waals surface area contributed by atoms with Crippen molar-refractivity contribution in [3.63, 3.8) is 0 Å². The molecule has 0 unspecified atom stereocenters. The molecule has 0 bridgehead atoms. The molecule has 5 heteroatoms. The first kappa shape index (κ1) is 19.2. The normalized spacial score (nSPS) is 23.9. The van der Waals surface area contributed by atoms with E-state index in [1.54, 1.807) is 7.11 Å². The molecule has 144 valence electrons. The number of piperidine rings is 2. The molecule has 0 aromatic carbocycles. The molecular formula is C21H33N3O2. The lowest BCUT2D eigenvalue weighted by atomic mass is 9.73. The highest BCUT2D eigenvalue weighted by Gasteiger charge is 2.41. The Bertz CT molecular complexity index is 619. The van der Waals surface area contributed by atoms with Gasteiger partial charge in [-0.25, -0.2) is 4.98 Å². The molecule has 0 radical (unpaired) electrons. The molecule has 2 aliphatic rings. The van der Waals surface area contributed by atoms with E-state index in [0.717, 1.165) is 57.1 Å². The van der Waals surface area contributed by atoms with Gasteiger partial charge >= 0.3 is 0 Å². The Hall–Kier alpha value is -1.62. The van der Waals surface area contributed by atoms with Crippen LogP contribution in [0, 0.1) is 5.41 Å². The number of carbonyl (C=O) groups is 1. The van der Waals surface area contributed by atoms with E-state index in [-0.39, 0.29) is 5.41 Å². The largest absolute Gasteiger partial charge is 0.385 e. The molecule has 3 rings (SSSR count). The minimum absolute atomic E-state index is 0.217. The molecule has 3 heterocycles. The summed E-state index contributed by atoms with van der Waals surface area (Å²) in [6.07, 6.45) is 4.99. The maximum atomic E-state index is 12.3. The van der Waals surface area contributed by atoms with Crippen molar-refractivity contribution < 1.29 is 9.53 Å². The van der Waals surface area contributed by atoms with Gasteiger partial charge in [-0.3, -0.25) is 4.79 Å². The molecule has 26 heavy (non-hydrogen) atoms. The molecule has 5 nitrogen and oxygen atoms in total. The Labute approximate surface area is 157 Å². The SMILES string of the molecule is COCCCN1C[C@@]2(CCCN(c3cccc(C(C)C)n3)C2)CCC1=O. The van der Waals surface area contributed by atoms with Crippen LogP contribution in [0.1, 0.15) is 57.6 Å². The van der Waals surface area contributed by atoms with Crippen molar-refractivity contribution in [3.05, 3.63) is 23.9 Å². The summed E-state index contributed by atoms with van der Waals surface area (Å²) in [4.78, 5) is 21.8. The Balaban J connectivity index is 1.70. The van der Waals surface area contributed by atoms with E-state index in [1.165, 1.54) is 12.8 Å². The second-order valence-corrected chi connectivity index (χ2v) is 8.26. The third kappa shape index (κ3) is 4.37. The first-order valence-electron chi connectivity index (χ1n) is 10.0. The Morgan fingerprint density at radius 2 is 2.12 bits per heavy atom. The Morgan fingerprint density at radius 1 is 1.27 bits per heavy atom. The minimum atomic E-state index is 0.217. The number of nitrogens with zero attached hydrogens (tertiary/aromatic N) is 3. The van der Waals surface area contributed by atoms with Crippen molar-refractivity contribution in [1.29, 1.82) is 0 Å². The van der Waals surface area contributed by atoms with Crippen molar-refractivity contribution in [3.8, 4) is 0 Å². The van der Waals surface area contributed by atoms with Crippen LogP contribution in [0.25, 0.3) is 0 Å². The third-order valence-electron chi connectivity index (χ3n) is 5.86. The number of hydrogen-bond donors (Lipinski definition) is 0. The summed E-state index contributed by atoms with van der Waals surface area (Å²) >= 11 is 0. The molecule has 1 amide bonds. The van der Waals surface area contributed by atoms with Crippen LogP contribution in [0.5, 0.6) is 0 Å². The van der Waals surface area contributed by atoms with Gasteiger partial charge in [-0.1, -0.05) is 19.9 Å². The minimum Gasteiger partial charge on any atom is -0.385 e. The van der Waals surface area contributed by atoms with Crippen LogP contribution in [-0.4, -0.2) is 55.7 Å². The quantitative estimate of drug-likeness (QED) is 0.730. The zero-order valence-electron chi connectivity index (χ0n) is 16.5. The number of carbonyl (C=O) groups excluding carboxylic acids is 1. The van der Waals surface area contributed by atoms with Crippen LogP contribution in [0.4, 0.5) is 5.82 Å². The zero-order valence-corrected chi connectivity index (χ0v) is 16.5. The highest BCUT2D eigenvalue weighted by molar-refractivity contribution is 5.77. The summed E-state index contributed by atoms with van der Waals surface area (Å²) < 4.78 is 5.16. The van der Waals surface area contributed by atoms with Gasteiger partial charge in [-0.05, 0) is 43.7 Å². The van der Waals surface area contributed by atoms with Crippen molar-refractivity contribution in [2.45, 2.75) is 51.9 Å². The van der Waals surface area contributed by atoms with Crippen LogP contribution in [0.2, 0.25) is 0 Å². The van der Waals surface area contributed by atoms with Gasteiger partial charge in [0.1, 0.15) is 5.82 Å². The maximum absolute atomic E-state index is 12.3. The predicted molar refractivity (Wildman–Crippen MR) is 105 cm³/mol. The lowest BCUT2D eigenvalue weighted by Crippen LogP contribution is -2.54. The molecule has 2 fully saturated rings. The summed E-state index contributed by atoms with van der Waals surface area (Å²) in [6, 6.07) is 6.38. The molecule has 1 aromatic heterocycles. The maximum Gasteiger partial charge on any atom is 0.222 e. The Kier molecular flexibility index (Phi) is 6.17. The van der Waals surface area contributed by atoms with Gasteiger partial charge in [0.25, 0.3) is 0 Å². The number of likely N-dealkylation sites (tertiary alicyclic amines) is 1. The van der Waals surface area contributed by atoms with Gasteiger partial charge in [0.15, 0.2) is 0 Å². The van der Waals surface area contributed by atoms with E-state index in [2.05, 4.69) is 41.8 Å². The topological polar surface area (TPSA) is 45.7 Å². The summed E-state index contributed by atoms with van der Waals surface area (Å²) in [5.74, 6) is 1.85. The average Bonchev–Trinajstić information content (AvgIpc) is 2.65. The van der Waals surface area contributed by atoms with Crippen molar-refractivity contribution >= 4 is 11.7 Å². The molecule has 0 saturated carbocycles. The van der Waals surface area contributed by atoms with Crippen LogP contribution in [-0.2, 0) is 9.53 Å². The second kappa shape index (κ2) is 8.38. The molecule has 1 atom stereocenters. The molecule has 2 saturated heterocycles. The highest BCUT2D eigenvalue weighted by Crippen LogP contribution is 2.40. The molecule has 1 aromatic rings. The average molecular weight is 360 g/mol. The predicted octanol–water partition coefficient (Wildman–Crippen LogP) is 3.45. The standard InChI is InChI=1S/C21H33N3O2/c1-17(2)18-7-4-8-19(22-18)23-12-5-10-21(15-23)11-9-20(25)24(16-21)13-6-14-26-3/h4,7-8,17H,5-6,9-16H2,1-3H3/t21-/m0/s1. The fraction of sp³-hybridized carbons (Fsp3) is 0.714. The number of aromatic nitrogens is 1. The van der Waals surface area contributed by atoms with E-state index < -0.39 is 0 Å². The van der Waals surface area contributed by atoms with Gasteiger partial charge in [-0.15, -0.1) is 0 Å². The van der Waals surface area contributed by atoms with Gasteiger partial charge in [-0.2, -0.15) is 0 Å². The lowest BCUT2D eigenvalue weighted by Gasteiger charge is -2.48. The van der Waals surface area contributed by atoms with Crippen LogP contribution in [0.3, 0.4) is 0 Å². The van der Waals surface area contributed by atoms with E-state index in [1.807, 2.05) is 0 Å². The third-order valence-corrected chi connectivity index (χ3v) is 5.86. The first-order chi connectivity index (χ1) is 12.5. The fourth-order valence-corrected chi connectivity index (χ4v) is 4.38. The van der Waals surface area contributed by atoms with Crippen LogP contribution < -0.4 is 4.90 Å². The smallest absolute Gasteiger partial charge is 0.222 e. The van der Waals surface area contributed by atoms with Crippen LogP contribution >= 0.6 is 0 Å². The number of ether oxygens (including phenoxy) is 1. The van der Waals surface area contributed by atoms with E-state index in [9.17, 15) is 4.79 Å². The van der Waals surface area contributed by atoms with Gasteiger partial charge in [0, 0.05) is 57.4 Å². The van der Waals surface area contributed by atoms with E-state index >= 15 is 0 Å². The zero-order chi connectivity index (χ0) is 18.6. The van der Waals surface area contributed by atoms with Gasteiger partial charge < -0.3 is 14.5 Å². The van der Waals surface area contributed by atoms with Crippen LogP contribution in [0.15, 0.2) is 18.2 Å². The summed E-state index contributed by atoms with van der Waals surface area (Å²) in [6.45, 7) is 8.87. The summed E-state index contributed by atoms with van der Waals surface area (Å²) in [7, 11) is 1.72. The summed E-state index contributed by atoms with van der Waals surface area (Å²) in [5, 5.41) is 0. The second-order valence-electron chi connectivity index (χ2n) is 8.26. The number of rotatable bonds is 6. The fourth-order valence-electron chi connectivity index (χ4n) is 4.38. The number of methoxy groups -OCH3 is 1. The van der Waals surface area contributed by atoms with Crippen molar-refractivity contribution in [2.75, 3.05) is 44.8 Å². The van der Waals surface area contributed by atoms with Gasteiger partial charge in [0.05, 0.1) is 0 Å². The molecule has 0 aliphatic carbocycles. The van der Waals surface area contributed by atoms with Crippen molar-refractivity contribution in [2.24, 2.45) is 5.41 Å². The Morgan fingerprint density at radius 3 is 2.88 bits per heavy atom. The van der Waals surface area contributed by atoms with Crippen molar-refractivity contribution in [1.82, 2.24) is 9.88 Å². The monoisotopic (exact) mass is 359 g/mol. The number of pyridine rings is 1. The van der Waals surface area contributed by atoms with E-state index in [0.29, 0.717) is 18.2 Å². The first-order valence-corrected chi connectivity index (χ1v) is 10.0. The molecule has 1 spiro atoms. The molecule has 0 N–H and O–H groups in total. The van der Waals surface area contributed by atoms with E-state index in [4.69, 9.17) is 9.72 Å². The lowest BCUT2D eigenvalue weighted by molar-refractivity contribution is -0.138. The van der Waals surface area contributed by atoms with Gasteiger partial charge in [0.2, 0.25) is 5.91 Å². The number of amides is 1. The highest BCUT2D eigenvalue weighted by atomic mass is 16.5. The number of anilines is 1. The molecular weight excluding hydrogens is 326 g/mol. The summed E-state index contributed by atoms with van der Waals surface area (Å²) in [5.41, 5.74) is 1.37.